The standard InChI is InChI=1S/C13H11BrN2O2S/c1-7-6-9(11(15)17)13(19-7)16-12(18)8-4-2-3-5-10(8)14/h2-6H,1H3,(H2,15,17)(H,16,18). The van der Waals surface area contributed by atoms with E-state index in [1.54, 1.807) is 24.3 Å². The van der Waals surface area contributed by atoms with E-state index in [1.807, 2.05) is 13.0 Å². The number of amides is 2. The van der Waals surface area contributed by atoms with Crippen LogP contribution in [0.1, 0.15) is 25.6 Å². The van der Waals surface area contributed by atoms with E-state index in [0.29, 0.717) is 20.6 Å². The lowest BCUT2D eigenvalue weighted by Gasteiger charge is -2.06. The fraction of sp³-hybridized carbons (Fsp3) is 0.0769. The van der Waals surface area contributed by atoms with Crippen molar-refractivity contribution in [2.75, 3.05) is 5.32 Å². The van der Waals surface area contributed by atoms with Gasteiger partial charge in [0.25, 0.3) is 11.8 Å². The normalized spacial score (nSPS) is 10.2. The quantitative estimate of drug-likeness (QED) is 0.902. The predicted octanol–water partition coefficient (Wildman–Crippen LogP) is 3.17. The molecule has 2 rings (SSSR count). The van der Waals surface area contributed by atoms with E-state index in [9.17, 15) is 9.59 Å². The number of carbonyl (C=O) groups is 2. The van der Waals surface area contributed by atoms with Gasteiger partial charge in [-0.1, -0.05) is 12.1 Å². The van der Waals surface area contributed by atoms with Crippen LogP contribution in [0.2, 0.25) is 0 Å². The van der Waals surface area contributed by atoms with Gasteiger partial charge in [0.1, 0.15) is 5.00 Å². The molecule has 0 atom stereocenters. The number of nitrogens with two attached hydrogens (primary N) is 1. The molecule has 0 aliphatic rings. The molecule has 0 unspecified atom stereocenters. The van der Waals surface area contributed by atoms with Gasteiger partial charge in [0.2, 0.25) is 0 Å². The van der Waals surface area contributed by atoms with Crippen LogP contribution in [-0.4, -0.2) is 11.8 Å². The molecule has 4 nitrogen and oxygen atoms in total. The van der Waals surface area contributed by atoms with Crippen molar-refractivity contribution < 1.29 is 9.59 Å². The van der Waals surface area contributed by atoms with E-state index in [1.165, 1.54) is 11.3 Å². The lowest BCUT2D eigenvalue weighted by Crippen LogP contribution is -2.16. The Bertz CT molecular complexity index is 652. The second kappa shape index (κ2) is 5.54. The zero-order valence-electron chi connectivity index (χ0n) is 10.1. The molecule has 1 aromatic carbocycles. The number of hydrogen-bond donors (Lipinski definition) is 2. The van der Waals surface area contributed by atoms with Gasteiger partial charge in [0, 0.05) is 9.35 Å². The number of anilines is 1. The van der Waals surface area contributed by atoms with Crippen LogP contribution >= 0.6 is 27.3 Å². The van der Waals surface area contributed by atoms with Crippen LogP contribution in [0.3, 0.4) is 0 Å². The molecule has 3 N–H and O–H groups in total. The van der Waals surface area contributed by atoms with Crippen LogP contribution in [0, 0.1) is 6.92 Å². The lowest BCUT2D eigenvalue weighted by atomic mass is 10.2. The first-order chi connectivity index (χ1) is 8.99. The van der Waals surface area contributed by atoms with E-state index >= 15 is 0 Å². The zero-order chi connectivity index (χ0) is 14.0. The molecule has 0 saturated heterocycles. The first-order valence-electron chi connectivity index (χ1n) is 5.45. The van der Waals surface area contributed by atoms with E-state index in [-0.39, 0.29) is 5.91 Å². The molecule has 0 radical (unpaired) electrons. The highest BCUT2D eigenvalue weighted by atomic mass is 79.9. The van der Waals surface area contributed by atoms with Gasteiger partial charge in [-0.2, -0.15) is 0 Å². The van der Waals surface area contributed by atoms with Gasteiger partial charge >= 0.3 is 0 Å². The Balaban J connectivity index is 2.29. The van der Waals surface area contributed by atoms with Crippen molar-refractivity contribution in [2.24, 2.45) is 5.73 Å². The number of primary amides is 1. The van der Waals surface area contributed by atoms with E-state index in [4.69, 9.17) is 5.73 Å². The van der Waals surface area contributed by atoms with Crippen molar-refractivity contribution in [2.45, 2.75) is 6.92 Å². The molecule has 6 heteroatoms. The molecule has 0 spiro atoms. The Labute approximate surface area is 122 Å². The molecule has 1 aromatic heterocycles. The van der Waals surface area contributed by atoms with Gasteiger partial charge in [0.05, 0.1) is 11.1 Å². The van der Waals surface area contributed by atoms with Crippen LogP contribution in [0.15, 0.2) is 34.8 Å². The maximum atomic E-state index is 12.1. The average Bonchev–Trinajstić information content (AvgIpc) is 2.70. The maximum absolute atomic E-state index is 12.1. The summed E-state index contributed by atoms with van der Waals surface area (Å²) in [6, 6.07) is 8.75. The summed E-state index contributed by atoms with van der Waals surface area (Å²) in [5.41, 5.74) is 6.12. The topological polar surface area (TPSA) is 72.2 Å². The van der Waals surface area contributed by atoms with Gasteiger partial charge in [-0.15, -0.1) is 11.3 Å². The molecule has 2 amide bonds. The summed E-state index contributed by atoms with van der Waals surface area (Å²) >= 11 is 4.64. The molecule has 2 aromatic rings. The molecule has 0 saturated carbocycles. The monoisotopic (exact) mass is 338 g/mol. The lowest BCUT2D eigenvalue weighted by molar-refractivity contribution is 0.100. The van der Waals surface area contributed by atoms with E-state index in [2.05, 4.69) is 21.2 Å². The highest BCUT2D eigenvalue weighted by molar-refractivity contribution is 9.10. The summed E-state index contributed by atoms with van der Waals surface area (Å²) in [7, 11) is 0. The van der Waals surface area contributed by atoms with Crippen LogP contribution in [0.4, 0.5) is 5.00 Å². The van der Waals surface area contributed by atoms with Crippen molar-refractivity contribution in [3.8, 4) is 0 Å². The second-order valence-electron chi connectivity index (χ2n) is 3.90. The number of nitrogens with one attached hydrogen (secondary N) is 1. The molecule has 1 heterocycles. The highest BCUT2D eigenvalue weighted by Gasteiger charge is 2.16. The summed E-state index contributed by atoms with van der Waals surface area (Å²) in [6.45, 7) is 1.85. The number of carbonyl (C=O) groups excluding carboxylic acids is 2. The Kier molecular flexibility index (Phi) is 4.01. The number of thiophene rings is 1. The molecule has 0 bridgehead atoms. The first kappa shape index (κ1) is 13.8. The SMILES string of the molecule is Cc1cc(C(N)=O)c(NC(=O)c2ccccc2Br)s1. The van der Waals surface area contributed by atoms with Crippen LogP contribution in [0.25, 0.3) is 0 Å². The Morgan fingerprint density at radius 2 is 1.95 bits per heavy atom. The third kappa shape index (κ3) is 3.02. The number of aryl methyl sites for hydroxylation is 1. The highest BCUT2D eigenvalue weighted by Crippen LogP contribution is 2.28. The first-order valence-corrected chi connectivity index (χ1v) is 7.06. The zero-order valence-corrected chi connectivity index (χ0v) is 12.5. The summed E-state index contributed by atoms with van der Waals surface area (Å²) in [5.74, 6) is -0.830. The fourth-order valence-electron chi connectivity index (χ4n) is 1.61. The second-order valence-corrected chi connectivity index (χ2v) is 6.01. The van der Waals surface area contributed by atoms with Crippen LogP contribution in [-0.2, 0) is 0 Å². The van der Waals surface area contributed by atoms with E-state index in [0.717, 1.165) is 4.88 Å². The van der Waals surface area contributed by atoms with Crippen molar-refractivity contribution in [1.82, 2.24) is 0 Å². The van der Waals surface area contributed by atoms with Crippen molar-refractivity contribution in [3.05, 3.63) is 50.8 Å². The summed E-state index contributed by atoms with van der Waals surface area (Å²) < 4.78 is 0.696. The molecule has 98 valence electrons. The minimum absolute atomic E-state index is 0.281. The largest absolute Gasteiger partial charge is 0.366 e. The van der Waals surface area contributed by atoms with Gasteiger partial charge in [0.15, 0.2) is 0 Å². The minimum Gasteiger partial charge on any atom is -0.366 e. The maximum Gasteiger partial charge on any atom is 0.257 e. The molecular formula is C13H11BrN2O2S. The van der Waals surface area contributed by atoms with Crippen LogP contribution < -0.4 is 11.1 Å². The fourth-order valence-corrected chi connectivity index (χ4v) is 2.98. The third-order valence-electron chi connectivity index (χ3n) is 2.47. The molecule has 0 aliphatic carbocycles. The Morgan fingerprint density at radius 1 is 1.26 bits per heavy atom. The number of halogens is 1. The van der Waals surface area contributed by atoms with Gasteiger partial charge in [-0.3, -0.25) is 9.59 Å². The van der Waals surface area contributed by atoms with Crippen molar-refractivity contribution in [3.63, 3.8) is 0 Å². The molecule has 19 heavy (non-hydrogen) atoms. The number of hydrogen-bond acceptors (Lipinski definition) is 3. The van der Waals surface area contributed by atoms with Crippen molar-refractivity contribution >= 4 is 44.1 Å². The van der Waals surface area contributed by atoms with Crippen molar-refractivity contribution in [1.29, 1.82) is 0 Å². The summed E-state index contributed by atoms with van der Waals surface area (Å²) in [5, 5.41) is 3.20. The summed E-state index contributed by atoms with van der Waals surface area (Å²) in [4.78, 5) is 24.3. The summed E-state index contributed by atoms with van der Waals surface area (Å²) in [6.07, 6.45) is 0. The van der Waals surface area contributed by atoms with Gasteiger partial charge in [-0.05, 0) is 41.1 Å². The van der Waals surface area contributed by atoms with E-state index < -0.39 is 5.91 Å². The Morgan fingerprint density at radius 3 is 2.58 bits per heavy atom. The predicted molar refractivity (Wildman–Crippen MR) is 79.7 cm³/mol. The average molecular weight is 339 g/mol. The molecule has 0 aliphatic heterocycles. The number of benzene rings is 1. The van der Waals surface area contributed by atoms with Crippen LogP contribution in [0.5, 0.6) is 0 Å². The third-order valence-corrected chi connectivity index (χ3v) is 4.12. The van der Waals surface area contributed by atoms with Gasteiger partial charge in [-0.25, -0.2) is 0 Å². The van der Waals surface area contributed by atoms with Gasteiger partial charge < -0.3 is 11.1 Å². The smallest absolute Gasteiger partial charge is 0.257 e. The Hall–Kier alpha value is -1.66. The minimum atomic E-state index is -0.549. The number of rotatable bonds is 3. The molecule has 0 fully saturated rings. The molecular weight excluding hydrogens is 328 g/mol.